The smallest absolute Gasteiger partial charge is 0.264 e. The monoisotopic (exact) mass is 225 g/mol. The van der Waals surface area contributed by atoms with Crippen LogP contribution in [-0.4, -0.2) is 12.6 Å². The molecule has 88 valence electrons. The zero-order chi connectivity index (χ0) is 11.5. The summed E-state index contributed by atoms with van der Waals surface area (Å²) in [6, 6.07) is 5.58. The van der Waals surface area contributed by atoms with E-state index < -0.39 is 6.43 Å². The minimum absolute atomic E-state index is 0.194. The normalized spacial score (nSPS) is 20.6. The van der Waals surface area contributed by atoms with Crippen LogP contribution in [0.2, 0.25) is 0 Å². The van der Waals surface area contributed by atoms with E-state index in [1.165, 1.54) is 0 Å². The number of aryl methyl sites for hydroxylation is 1. The van der Waals surface area contributed by atoms with E-state index in [-0.39, 0.29) is 5.56 Å². The first-order valence-corrected chi connectivity index (χ1v) is 5.78. The minimum atomic E-state index is -2.36. The van der Waals surface area contributed by atoms with Gasteiger partial charge in [0.25, 0.3) is 6.43 Å². The van der Waals surface area contributed by atoms with Crippen molar-refractivity contribution in [1.82, 2.24) is 5.32 Å². The van der Waals surface area contributed by atoms with E-state index in [2.05, 4.69) is 5.32 Å². The van der Waals surface area contributed by atoms with Gasteiger partial charge in [-0.1, -0.05) is 23.8 Å². The third kappa shape index (κ3) is 2.59. The highest BCUT2D eigenvalue weighted by atomic mass is 19.3. The Labute approximate surface area is 94.9 Å². The van der Waals surface area contributed by atoms with Gasteiger partial charge in [-0.25, -0.2) is 8.78 Å². The van der Waals surface area contributed by atoms with Gasteiger partial charge in [0, 0.05) is 11.6 Å². The summed E-state index contributed by atoms with van der Waals surface area (Å²) in [5.74, 6) is 0. The molecule has 1 saturated heterocycles. The molecule has 1 aromatic carbocycles. The molecule has 1 aliphatic heterocycles. The number of alkyl halides is 2. The third-order valence-electron chi connectivity index (χ3n) is 3.16. The fraction of sp³-hybridized carbons (Fsp3) is 0.538. The molecule has 1 N–H and O–H groups in total. The molecule has 16 heavy (non-hydrogen) atoms. The van der Waals surface area contributed by atoms with Gasteiger partial charge in [-0.05, 0) is 38.3 Å². The average molecular weight is 225 g/mol. The highest BCUT2D eigenvalue weighted by Crippen LogP contribution is 2.26. The third-order valence-corrected chi connectivity index (χ3v) is 3.16. The summed E-state index contributed by atoms with van der Waals surface area (Å²) < 4.78 is 25.6. The zero-order valence-corrected chi connectivity index (χ0v) is 9.47. The van der Waals surface area contributed by atoms with Crippen LogP contribution >= 0.6 is 0 Å². The van der Waals surface area contributed by atoms with E-state index in [4.69, 9.17) is 0 Å². The van der Waals surface area contributed by atoms with Crippen LogP contribution in [0.5, 0.6) is 0 Å². The van der Waals surface area contributed by atoms with E-state index in [9.17, 15) is 8.78 Å². The van der Waals surface area contributed by atoms with E-state index in [0.29, 0.717) is 6.04 Å². The minimum Gasteiger partial charge on any atom is -0.314 e. The van der Waals surface area contributed by atoms with Crippen LogP contribution in [0.25, 0.3) is 0 Å². The molecule has 0 aliphatic carbocycles. The van der Waals surface area contributed by atoms with Crippen molar-refractivity contribution in [3.8, 4) is 0 Å². The fourth-order valence-electron chi connectivity index (χ4n) is 2.32. The molecule has 1 nitrogen and oxygen atoms in total. The number of halogens is 2. The quantitative estimate of drug-likeness (QED) is 0.832. The molecule has 0 amide bonds. The predicted octanol–water partition coefficient (Wildman–Crippen LogP) is 3.23. The fourth-order valence-corrected chi connectivity index (χ4v) is 2.32. The number of nitrogens with one attached hydrogen (secondary N) is 1. The number of benzene rings is 1. The van der Waals surface area contributed by atoms with Gasteiger partial charge < -0.3 is 5.32 Å². The zero-order valence-electron chi connectivity index (χ0n) is 9.47. The summed E-state index contributed by atoms with van der Waals surface area (Å²) in [6.45, 7) is 2.96. The van der Waals surface area contributed by atoms with Crippen molar-refractivity contribution in [3.63, 3.8) is 0 Å². The molecule has 1 aliphatic rings. The molecule has 0 spiro atoms. The van der Waals surface area contributed by atoms with E-state index in [1.807, 2.05) is 13.0 Å². The van der Waals surface area contributed by atoms with Crippen LogP contribution in [0, 0.1) is 6.92 Å². The molecule has 0 radical (unpaired) electrons. The van der Waals surface area contributed by atoms with E-state index in [0.717, 1.165) is 36.9 Å². The van der Waals surface area contributed by atoms with Crippen molar-refractivity contribution in [1.29, 1.82) is 0 Å². The summed E-state index contributed by atoms with van der Waals surface area (Å²) in [5, 5.41) is 3.35. The number of hydrogen-bond acceptors (Lipinski definition) is 1. The first-order valence-electron chi connectivity index (χ1n) is 5.78. The van der Waals surface area contributed by atoms with Crippen molar-refractivity contribution in [2.75, 3.05) is 6.54 Å². The lowest BCUT2D eigenvalue weighted by molar-refractivity contribution is 0.150. The maximum atomic E-state index is 12.8. The molecule has 2 rings (SSSR count). The van der Waals surface area contributed by atoms with Gasteiger partial charge in [0.1, 0.15) is 0 Å². The van der Waals surface area contributed by atoms with Crippen LogP contribution < -0.4 is 5.32 Å². The SMILES string of the molecule is Cc1ccc(C(F)F)c(CC2CCCN2)c1. The molecule has 1 unspecified atom stereocenters. The summed E-state index contributed by atoms with van der Waals surface area (Å²) in [7, 11) is 0. The van der Waals surface area contributed by atoms with Gasteiger partial charge in [0.15, 0.2) is 0 Å². The Morgan fingerprint density at radius 3 is 2.88 bits per heavy atom. The second-order valence-electron chi connectivity index (χ2n) is 4.50. The largest absolute Gasteiger partial charge is 0.314 e. The Morgan fingerprint density at radius 2 is 2.25 bits per heavy atom. The summed E-state index contributed by atoms with van der Waals surface area (Å²) in [4.78, 5) is 0. The Hall–Kier alpha value is -0.960. The lowest BCUT2D eigenvalue weighted by Crippen LogP contribution is -2.24. The Balaban J connectivity index is 2.19. The van der Waals surface area contributed by atoms with Gasteiger partial charge >= 0.3 is 0 Å². The Bertz CT molecular complexity index is 357. The van der Waals surface area contributed by atoms with E-state index >= 15 is 0 Å². The van der Waals surface area contributed by atoms with Crippen molar-refractivity contribution >= 4 is 0 Å². The van der Waals surface area contributed by atoms with Crippen LogP contribution in [-0.2, 0) is 6.42 Å². The molecule has 1 aromatic rings. The summed E-state index contributed by atoms with van der Waals surface area (Å²) in [6.07, 6.45) is 0.607. The van der Waals surface area contributed by atoms with Crippen molar-refractivity contribution in [2.24, 2.45) is 0 Å². The first kappa shape index (κ1) is 11.5. The Morgan fingerprint density at radius 1 is 1.44 bits per heavy atom. The lowest BCUT2D eigenvalue weighted by atomic mass is 9.97. The van der Waals surface area contributed by atoms with Gasteiger partial charge in [-0.2, -0.15) is 0 Å². The topological polar surface area (TPSA) is 12.0 Å². The molecule has 3 heteroatoms. The van der Waals surface area contributed by atoms with Gasteiger partial charge in [0.05, 0.1) is 0 Å². The van der Waals surface area contributed by atoms with Crippen LogP contribution in [0.15, 0.2) is 18.2 Å². The van der Waals surface area contributed by atoms with Crippen LogP contribution in [0.4, 0.5) is 8.78 Å². The molecule has 0 saturated carbocycles. The predicted molar refractivity (Wildman–Crippen MR) is 60.9 cm³/mol. The summed E-state index contributed by atoms with van der Waals surface area (Å²) >= 11 is 0. The van der Waals surface area contributed by atoms with E-state index in [1.54, 1.807) is 12.1 Å². The average Bonchev–Trinajstić information content (AvgIpc) is 2.70. The maximum Gasteiger partial charge on any atom is 0.264 e. The van der Waals surface area contributed by atoms with Crippen LogP contribution in [0.1, 0.15) is 36.0 Å². The molecule has 1 heterocycles. The summed E-state index contributed by atoms with van der Waals surface area (Å²) in [5.41, 5.74) is 2.05. The highest BCUT2D eigenvalue weighted by Gasteiger charge is 2.19. The molecular formula is C13H17F2N. The van der Waals surface area contributed by atoms with Crippen molar-refractivity contribution in [2.45, 2.75) is 38.7 Å². The standard InChI is InChI=1S/C13H17F2N/c1-9-4-5-12(13(14)15)10(7-9)8-11-3-2-6-16-11/h4-5,7,11,13,16H,2-3,6,8H2,1H3. The lowest BCUT2D eigenvalue weighted by Gasteiger charge is -2.14. The number of hydrogen-bond donors (Lipinski definition) is 1. The van der Waals surface area contributed by atoms with Gasteiger partial charge in [-0.15, -0.1) is 0 Å². The van der Waals surface area contributed by atoms with Crippen molar-refractivity contribution < 1.29 is 8.78 Å². The molecule has 1 atom stereocenters. The molecular weight excluding hydrogens is 208 g/mol. The highest BCUT2D eigenvalue weighted by molar-refractivity contribution is 5.33. The maximum absolute atomic E-state index is 12.8. The first-order chi connectivity index (χ1) is 7.66. The Kier molecular flexibility index (Phi) is 3.54. The second-order valence-corrected chi connectivity index (χ2v) is 4.50. The molecule has 1 fully saturated rings. The molecule has 0 bridgehead atoms. The van der Waals surface area contributed by atoms with Crippen molar-refractivity contribution in [3.05, 3.63) is 34.9 Å². The van der Waals surface area contributed by atoms with Crippen LogP contribution in [0.3, 0.4) is 0 Å². The van der Waals surface area contributed by atoms with Gasteiger partial charge in [-0.3, -0.25) is 0 Å². The second kappa shape index (κ2) is 4.91. The van der Waals surface area contributed by atoms with Gasteiger partial charge in [0.2, 0.25) is 0 Å². The molecule has 0 aromatic heterocycles. The number of rotatable bonds is 3.